The first-order valence-electron chi connectivity index (χ1n) is 10.9. The molecule has 0 saturated heterocycles. The zero-order chi connectivity index (χ0) is 23.6. The highest BCUT2D eigenvalue weighted by Crippen LogP contribution is 2.15. The zero-order valence-electron chi connectivity index (χ0n) is 19.0. The second-order valence-electron chi connectivity index (χ2n) is 7.79. The summed E-state index contributed by atoms with van der Waals surface area (Å²) in [7, 11) is 0. The minimum Gasteiger partial charge on any atom is -0.464 e. The summed E-state index contributed by atoms with van der Waals surface area (Å²) in [5.41, 5.74) is 1.96. The lowest BCUT2D eigenvalue weighted by Gasteiger charge is -2.27. The first kappa shape index (κ1) is 23.6. The molecule has 0 saturated carbocycles. The van der Waals surface area contributed by atoms with E-state index in [0.717, 1.165) is 11.3 Å². The maximum Gasteiger partial charge on any atom is 0.322 e. The van der Waals surface area contributed by atoms with Crippen LogP contribution in [-0.2, 0) is 17.9 Å². The number of carbonyl (C=O) groups is 2. The van der Waals surface area contributed by atoms with Gasteiger partial charge in [0, 0.05) is 18.8 Å². The number of aryl methyl sites for hydroxylation is 1. The Morgan fingerprint density at radius 2 is 1.79 bits per heavy atom. The summed E-state index contributed by atoms with van der Waals surface area (Å²) in [6.45, 7) is 4.90. The monoisotopic (exact) mass is 444 g/mol. The molecule has 0 atom stereocenters. The first-order chi connectivity index (χ1) is 16.0. The molecule has 0 aliphatic heterocycles. The Kier molecular flexibility index (Phi) is 8.25. The molecule has 3 rings (SSSR count). The highest BCUT2D eigenvalue weighted by molar-refractivity contribution is 5.92. The van der Waals surface area contributed by atoms with Crippen molar-refractivity contribution >= 4 is 17.6 Å². The van der Waals surface area contributed by atoms with Crippen LogP contribution >= 0.6 is 0 Å². The van der Waals surface area contributed by atoms with Crippen LogP contribution in [0.3, 0.4) is 0 Å². The number of anilines is 1. The van der Waals surface area contributed by atoms with Gasteiger partial charge in [-0.3, -0.25) is 4.79 Å². The van der Waals surface area contributed by atoms with Crippen molar-refractivity contribution in [1.29, 1.82) is 5.26 Å². The van der Waals surface area contributed by atoms with E-state index in [0.29, 0.717) is 43.1 Å². The summed E-state index contributed by atoms with van der Waals surface area (Å²) in [4.78, 5) is 29.4. The maximum absolute atomic E-state index is 13.3. The standard InChI is InChI=1S/C26H28N4O3/c1-3-14-29(26(32)28-23-11-7-10-22(15-23)16-27)19-25(31)30(17-21-8-5-4-6-9-21)18-24-13-12-20(2)33-24/h4-13,15H,3,14,17-19H2,1-2H3,(H,28,32). The fourth-order valence-corrected chi connectivity index (χ4v) is 3.45. The number of nitrogens with one attached hydrogen (secondary N) is 1. The molecular formula is C26H28N4O3. The van der Waals surface area contributed by atoms with Gasteiger partial charge in [0.2, 0.25) is 5.91 Å². The summed E-state index contributed by atoms with van der Waals surface area (Å²) in [6.07, 6.45) is 0.703. The third-order valence-corrected chi connectivity index (χ3v) is 5.06. The smallest absolute Gasteiger partial charge is 0.322 e. The molecule has 0 spiro atoms. The molecule has 170 valence electrons. The van der Waals surface area contributed by atoms with Gasteiger partial charge in [0.15, 0.2) is 0 Å². The molecule has 7 heteroatoms. The Labute approximate surface area is 194 Å². The first-order valence-corrected chi connectivity index (χ1v) is 10.9. The number of nitriles is 1. The Morgan fingerprint density at radius 3 is 2.45 bits per heavy atom. The van der Waals surface area contributed by atoms with Gasteiger partial charge in [-0.1, -0.05) is 43.3 Å². The van der Waals surface area contributed by atoms with Gasteiger partial charge in [-0.2, -0.15) is 5.26 Å². The number of hydrogen-bond acceptors (Lipinski definition) is 4. The number of hydrogen-bond donors (Lipinski definition) is 1. The van der Waals surface area contributed by atoms with Crippen molar-refractivity contribution < 1.29 is 14.0 Å². The van der Waals surface area contributed by atoms with Crippen molar-refractivity contribution in [2.45, 2.75) is 33.4 Å². The van der Waals surface area contributed by atoms with E-state index in [2.05, 4.69) is 11.4 Å². The maximum atomic E-state index is 13.3. The van der Waals surface area contributed by atoms with Crippen LogP contribution in [0.4, 0.5) is 10.5 Å². The van der Waals surface area contributed by atoms with E-state index in [1.54, 1.807) is 29.2 Å². The normalized spacial score (nSPS) is 10.3. The van der Waals surface area contributed by atoms with Crippen LogP contribution in [0.5, 0.6) is 0 Å². The van der Waals surface area contributed by atoms with Crippen LogP contribution in [0, 0.1) is 18.3 Å². The fraction of sp³-hybridized carbons (Fsp3) is 0.269. The number of furan rings is 1. The van der Waals surface area contributed by atoms with Crippen LogP contribution in [0.2, 0.25) is 0 Å². The molecule has 0 aliphatic carbocycles. The van der Waals surface area contributed by atoms with Gasteiger partial charge in [-0.05, 0) is 49.2 Å². The average molecular weight is 445 g/mol. The van der Waals surface area contributed by atoms with Gasteiger partial charge < -0.3 is 19.5 Å². The fourth-order valence-electron chi connectivity index (χ4n) is 3.45. The Bertz CT molecular complexity index is 1120. The second-order valence-corrected chi connectivity index (χ2v) is 7.79. The van der Waals surface area contributed by atoms with E-state index in [4.69, 9.17) is 9.68 Å². The van der Waals surface area contributed by atoms with Crippen LogP contribution in [0.15, 0.2) is 71.1 Å². The van der Waals surface area contributed by atoms with Crippen molar-refractivity contribution in [3.63, 3.8) is 0 Å². The Hall–Kier alpha value is -4.05. The molecule has 0 fully saturated rings. The summed E-state index contributed by atoms with van der Waals surface area (Å²) < 4.78 is 5.69. The predicted molar refractivity (Wildman–Crippen MR) is 126 cm³/mol. The number of benzene rings is 2. The molecule has 0 radical (unpaired) electrons. The Morgan fingerprint density at radius 1 is 1.00 bits per heavy atom. The van der Waals surface area contributed by atoms with Gasteiger partial charge in [0.1, 0.15) is 18.1 Å². The molecule has 0 unspecified atom stereocenters. The average Bonchev–Trinajstić information content (AvgIpc) is 3.23. The summed E-state index contributed by atoms with van der Waals surface area (Å²) in [5.74, 6) is 1.29. The predicted octanol–water partition coefficient (Wildman–Crippen LogP) is 4.93. The van der Waals surface area contributed by atoms with Gasteiger partial charge in [0.25, 0.3) is 0 Å². The number of urea groups is 1. The molecule has 0 bridgehead atoms. The minimum atomic E-state index is -0.381. The largest absolute Gasteiger partial charge is 0.464 e. The molecule has 33 heavy (non-hydrogen) atoms. The molecule has 1 N–H and O–H groups in total. The van der Waals surface area contributed by atoms with Crippen LogP contribution < -0.4 is 5.32 Å². The molecule has 2 aromatic carbocycles. The SMILES string of the molecule is CCCN(CC(=O)N(Cc1ccccc1)Cc1ccc(C)o1)C(=O)Nc1cccc(C#N)c1. The van der Waals surface area contributed by atoms with E-state index in [1.807, 2.05) is 56.3 Å². The minimum absolute atomic E-state index is 0.0653. The van der Waals surface area contributed by atoms with Gasteiger partial charge in [-0.15, -0.1) is 0 Å². The third kappa shape index (κ3) is 6.97. The van der Waals surface area contributed by atoms with E-state index in [-0.39, 0.29) is 18.5 Å². The van der Waals surface area contributed by atoms with E-state index in [9.17, 15) is 9.59 Å². The summed E-state index contributed by atoms with van der Waals surface area (Å²) >= 11 is 0. The summed E-state index contributed by atoms with van der Waals surface area (Å²) in [6, 6.07) is 21.8. The van der Waals surface area contributed by atoms with Crippen LogP contribution in [0.1, 0.15) is 36.0 Å². The van der Waals surface area contributed by atoms with Crippen molar-refractivity contribution in [2.75, 3.05) is 18.4 Å². The molecule has 0 aliphatic rings. The number of rotatable bonds is 9. The Balaban J connectivity index is 1.74. The molecule has 1 aromatic heterocycles. The van der Waals surface area contributed by atoms with Gasteiger partial charge >= 0.3 is 6.03 Å². The highest BCUT2D eigenvalue weighted by Gasteiger charge is 2.22. The van der Waals surface area contributed by atoms with E-state index >= 15 is 0 Å². The summed E-state index contributed by atoms with van der Waals surface area (Å²) in [5, 5.41) is 11.9. The zero-order valence-corrected chi connectivity index (χ0v) is 19.0. The molecule has 3 amide bonds. The molecule has 3 aromatic rings. The van der Waals surface area contributed by atoms with Crippen molar-refractivity contribution in [3.05, 3.63) is 89.4 Å². The number of carbonyl (C=O) groups excluding carboxylic acids is 2. The van der Waals surface area contributed by atoms with Crippen molar-refractivity contribution in [2.24, 2.45) is 0 Å². The van der Waals surface area contributed by atoms with Crippen molar-refractivity contribution in [1.82, 2.24) is 9.80 Å². The lowest BCUT2D eigenvalue weighted by molar-refractivity contribution is -0.133. The van der Waals surface area contributed by atoms with Crippen LogP contribution in [-0.4, -0.2) is 34.8 Å². The van der Waals surface area contributed by atoms with Gasteiger partial charge in [-0.25, -0.2) is 4.79 Å². The third-order valence-electron chi connectivity index (χ3n) is 5.06. The van der Waals surface area contributed by atoms with Gasteiger partial charge in [0.05, 0.1) is 18.2 Å². The van der Waals surface area contributed by atoms with Crippen LogP contribution in [0.25, 0.3) is 0 Å². The lowest BCUT2D eigenvalue weighted by Crippen LogP contribution is -2.44. The molecule has 1 heterocycles. The lowest BCUT2D eigenvalue weighted by atomic mass is 10.2. The van der Waals surface area contributed by atoms with E-state index < -0.39 is 0 Å². The second kappa shape index (κ2) is 11.5. The number of nitrogens with zero attached hydrogens (tertiary/aromatic N) is 3. The topological polar surface area (TPSA) is 89.6 Å². The highest BCUT2D eigenvalue weighted by atomic mass is 16.3. The molecule has 7 nitrogen and oxygen atoms in total. The molecular weight excluding hydrogens is 416 g/mol. The quantitative estimate of drug-likeness (QED) is 0.507. The number of amides is 3. The van der Waals surface area contributed by atoms with Crippen molar-refractivity contribution in [3.8, 4) is 6.07 Å². The van der Waals surface area contributed by atoms with E-state index in [1.165, 1.54) is 4.90 Å².